The number of fused-ring (bicyclic) bond motifs is 1. The van der Waals surface area contributed by atoms with Gasteiger partial charge < -0.3 is 0 Å². The molecule has 25 heavy (non-hydrogen) atoms. The highest BCUT2D eigenvalue weighted by molar-refractivity contribution is 7.89. The smallest absolute Gasteiger partial charge is 0.254 e. The molecule has 1 fully saturated rings. The van der Waals surface area contributed by atoms with Crippen LogP contribution in [0.25, 0.3) is 5.65 Å². The maximum absolute atomic E-state index is 13.0. The fourth-order valence-corrected chi connectivity index (χ4v) is 4.00. The number of nitrogens with zero attached hydrogens (tertiary/aromatic N) is 7. The number of piperidine rings is 1. The number of aromatic nitrogens is 6. The Hall–Kier alpha value is -2.04. The van der Waals surface area contributed by atoms with Crippen molar-refractivity contribution in [3.63, 3.8) is 0 Å². The molecule has 0 amide bonds. The number of rotatable bonds is 3. The van der Waals surface area contributed by atoms with E-state index in [2.05, 4.69) is 20.4 Å². The van der Waals surface area contributed by atoms with Crippen molar-refractivity contribution in [3.8, 4) is 0 Å². The Morgan fingerprint density at radius 2 is 2.08 bits per heavy atom. The molecule has 4 rings (SSSR count). The first-order chi connectivity index (χ1) is 13.4. The molecule has 0 aromatic carbocycles. The minimum absolute atomic E-state index is 0.245. The van der Waals surface area contributed by atoms with E-state index in [4.69, 9.17) is 17.1 Å². The first kappa shape index (κ1) is 12.3. The predicted molar refractivity (Wildman–Crippen MR) is 89.7 cm³/mol. The van der Waals surface area contributed by atoms with Crippen LogP contribution in [0.4, 0.5) is 0 Å². The van der Waals surface area contributed by atoms with Crippen LogP contribution < -0.4 is 0 Å². The third-order valence-electron chi connectivity index (χ3n) is 3.88. The van der Waals surface area contributed by atoms with Crippen LogP contribution in [0.1, 0.15) is 29.8 Å². The Bertz CT molecular complexity index is 1180. The molecule has 9 nitrogen and oxygen atoms in total. The second-order valence-corrected chi connectivity index (χ2v) is 7.70. The van der Waals surface area contributed by atoms with Crippen LogP contribution in [0, 0.1) is 0 Å². The Labute approximate surface area is 154 Å². The molecule has 1 aliphatic heterocycles. The Kier molecular flexibility index (Phi) is 2.98. The minimum Gasteiger partial charge on any atom is -0.254 e. The Morgan fingerprint density at radius 3 is 2.76 bits per heavy atom. The van der Waals surface area contributed by atoms with Crippen molar-refractivity contribution in [1.82, 2.24) is 33.9 Å². The van der Waals surface area contributed by atoms with Crippen molar-refractivity contribution >= 4 is 27.3 Å². The van der Waals surface area contributed by atoms with Crippen LogP contribution in [0.2, 0.25) is 5.02 Å². The van der Waals surface area contributed by atoms with Gasteiger partial charge >= 0.3 is 0 Å². The van der Waals surface area contributed by atoms with Gasteiger partial charge in [0.25, 0.3) is 10.0 Å². The summed E-state index contributed by atoms with van der Waals surface area (Å²) in [7, 11) is -3.11. The largest absolute Gasteiger partial charge is 0.264 e. The van der Waals surface area contributed by atoms with Crippen molar-refractivity contribution < 1.29 is 13.9 Å². The van der Waals surface area contributed by atoms with Crippen molar-refractivity contribution in [2.24, 2.45) is 7.05 Å². The van der Waals surface area contributed by atoms with E-state index in [1.807, 2.05) is 0 Å². The molecule has 0 aliphatic carbocycles. The molecule has 3 aromatic heterocycles. The SMILES string of the molecule is [2H]C1([2H])CC(c2cn3ncnc3cc2Cl)CC([2H])([2H])N1S(=O)(=O)c1cn(C)nn1. The van der Waals surface area contributed by atoms with Gasteiger partial charge in [0.1, 0.15) is 6.33 Å². The first-order valence-electron chi connectivity index (χ1n) is 9.32. The fourth-order valence-electron chi connectivity index (χ4n) is 2.59. The molecule has 1 saturated heterocycles. The summed E-state index contributed by atoms with van der Waals surface area (Å²) in [4.78, 5) is 4.02. The van der Waals surface area contributed by atoms with Crippen LogP contribution in [-0.2, 0) is 17.1 Å². The van der Waals surface area contributed by atoms with Gasteiger partial charge in [-0.25, -0.2) is 17.9 Å². The topological polar surface area (TPSA) is 98.3 Å². The molecule has 3 aromatic rings. The van der Waals surface area contributed by atoms with Gasteiger partial charge in [-0.2, -0.15) is 9.40 Å². The molecular weight excluding hydrogens is 366 g/mol. The fraction of sp³-hybridized carbons (Fsp3) is 0.429. The number of hydrogen-bond acceptors (Lipinski definition) is 6. The third-order valence-corrected chi connectivity index (χ3v) is 5.66. The molecule has 0 atom stereocenters. The molecule has 1 aliphatic rings. The van der Waals surface area contributed by atoms with Gasteiger partial charge in [0.05, 0.1) is 6.20 Å². The highest BCUT2D eigenvalue weighted by atomic mass is 35.5. The minimum atomic E-state index is -4.57. The lowest BCUT2D eigenvalue weighted by molar-refractivity contribution is 0.318. The summed E-state index contributed by atoms with van der Waals surface area (Å²) in [6, 6.07) is 1.55. The van der Waals surface area contributed by atoms with Gasteiger partial charge in [-0.3, -0.25) is 4.68 Å². The lowest BCUT2D eigenvalue weighted by atomic mass is 9.91. The normalized spacial score (nSPS) is 23.8. The predicted octanol–water partition coefficient (Wildman–Crippen LogP) is 1.08. The van der Waals surface area contributed by atoms with Crippen molar-refractivity contribution in [2.75, 3.05) is 13.0 Å². The number of pyridine rings is 1. The average molecular weight is 386 g/mol. The van der Waals surface area contributed by atoms with Crippen LogP contribution in [0.15, 0.2) is 29.8 Å². The molecule has 0 unspecified atom stereocenters. The van der Waals surface area contributed by atoms with Gasteiger partial charge in [0.2, 0.25) is 5.03 Å². The maximum Gasteiger partial charge on any atom is 0.264 e. The lowest BCUT2D eigenvalue weighted by Gasteiger charge is -2.31. The summed E-state index contributed by atoms with van der Waals surface area (Å²) in [5, 5.41) is 10.9. The van der Waals surface area contributed by atoms with Crippen LogP contribution in [0.3, 0.4) is 0 Å². The molecule has 11 heteroatoms. The van der Waals surface area contributed by atoms with Gasteiger partial charge in [0, 0.05) is 42.8 Å². The molecule has 0 saturated carbocycles. The second-order valence-electron chi connectivity index (χ2n) is 5.56. The van der Waals surface area contributed by atoms with Crippen LogP contribution >= 0.6 is 11.6 Å². The van der Waals surface area contributed by atoms with Gasteiger partial charge in [0.15, 0.2) is 5.65 Å². The van der Waals surface area contributed by atoms with E-state index >= 15 is 0 Å². The lowest BCUT2D eigenvalue weighted by Crippen LogP contribution is -2.38. The van der Waals surface area contributed by atoms with E-state index < -0.39 is 34.0 Å². The van der Waals surface area contributed by atoms with E-state index in [0.29, 0.717) is 11.2 Å². The average Bonchev–Trinajstić information content (AvgIpc) is 3.19. The molecular formula is C14H16ClN7O2S. The molecule has 0 bridgehead atoms. The summed E-state index contributed by atoms with van der Waals surface area (Å²) in [5.74, 6) is -0.686. The molecule has 132 valence electrons. The van der Waals surface area contributed by atoms with E-state index in [1.165, 1.54) is 17.9 Å². The van der Waals surface area contributed by atoms with Crippen molar-refractivity contribution in [3.05, 3.63) is 35.4 Å². The molecule has 4 heterocycles. The maximum atomic E-state index is 13.0. The summed E-state index contributed by atoms with van der Waals surface area (Å²) in [6.45, 7) is -5.08. The van der Waals surface area contributed by atoms with Crippen molar-refractivity contribution in [1.29, 1.82) is 0 Å². The number of aryl methyl sites for hydroxylation is 1. The number of sulfonamides is 1. The van der Waals surface area contributed by atoms with E-state index in [-0.39, 0.29) is 22.2 Å². The standard InChI is InChI=1S/C14H16ClN7O2S/c1-20-8-14(18-19-20)25(23,24)21-4-2-10(3-5-21)11-7-22-13(6-12(11)15)16-9-17-22/h6-10H,2-5H2,1H3/i4D2,5D2. The monoisotopic (exact) mass is 385 g/mol. The second kappa shape index (κ2) is 6.04. The molecule has 0 radical (unpaired) electrons. The molecule has 0 N–H and O–H groups in total. The van der Waals surface area contributed by atoms with E-state index in [0.717, 1.165) is 10.9 Å². The highest BCUT2D eigenvalue weighted by Crippen LogP contribution is 2.34. The zero-order chi connectivity index (χ0) is 21.2. The van der Waals surface area contributed by atoms with Gasteiger partial charge in [-0.1, -0.05) is 16.8 Å². The summed E-state index contributed by atoms with van der Waals surface area (Å²) in [5.41, 5.74) is 0.960. The van der Waals surface area contributed by atoms with Crippen LogP contribution in [0.5, 0.6) is 0 Å². The highest BCUT2D eigenvalue weighted by Gasteiger charge is 2.32. The number of hydrogen-bond donors (Lipinski definition) is 0. The van der Waals surface area contributed by atoms with E-state index in [9.17, 15) is 8.42 Å². The zero-order valence-electron chi connectivity index (χ0n) is 17.0. The van der Waals surface area contributed by atoms with Gasteiger partial charge in [-0.05, 0) is 24.3 Å². The third kappa shape index (κ3) is 2.90. The summed E-state index contributed by atoms with van der Waals surface area (Å²) in [6.07, 6.45) is 3.40. The summed E-state index contributed by atoms with van der Waals surface area (Å²) < 4.78 is 62.3. The Balaban J connectivity index is 1.76. The summed E-state index contributed by atoms with van der Waals surface area (Å²) >= 11 is 6.33. The van der Waals surface area contributed by atoms with Crippen molar-refractivity contribution in [2.45, 2.75) is 23.8 Å². The first-order valence-corrected chi connectivity index (χ1v) is 9.14. The van der Waals surface area contributed by atoms with Crippen LogP contribution in [-0.4, -0.2) is 55.3 Å². The zero-order valence-corrected chi connectivity index (χ0v) is 14.6. The quantitative estimate of drug-likeness (QED) is 0.669. The molecule has 0 spiro atoms. The van der Waals surface area contributed by atoms with Gasteiger partial charge in [-0.15, -0.1) is 5.10 Å². The van der Waals surface area contributed by atoms with E-state index in [1.54, 1.807) is 12.3 Å². The number of halogens is 1. The Morgan fingerprint density at radius 1 is 1.32 bits per heavy atom.